The van der Waals surface area contributed by atoms with Crippen LogP contribution in [0, 0.1) is 11.3 Å². The molecule has 0 bridgehead atoms. The van der Waals surface area contributed by atoms with E-state index in [1.807, 2.05) is 14.1 Å². The van der Waals surface area contributed by atoms with Crippen molar-refractivity contribution in [1.82, 2.24) is 20.4 Å². The molecule has 1 aromatic rings. The van der Waals surface area contributed by atoms with Gasteiger partial charge in [-0.3, -0.25) is 14.7 Å². The monoisotopic (exact) mass is 555 g/mol. The predicted molar refractivity (Wildman–Crippen MR) is 143 cm³/mol. The van der Waals surface area contributed by atoms with Crippen molar-refractivity contribution in [3.63, 3.8) is 0 Å². The molecule has 0 atom stereocenters. The van der Waals surface area contributed by atoms with Crippen molar-refractivity contribution in [3.05, 3.63) is 35.4 Å². The number of carbonyl (C=O) groups is 1. The third kappa shape index (κ3) is 7.33. The van der Waals surface area contributed by atoms with Crippen LogP contribution in [0.4, 0.5) is 0 Å². The maximum Gasteiger partial charge on any atom is 0.230 e. The summed E-state index contributed by atoms with van der Waals surface area (Å²) in [6.45, 7) is 7.15. The Morgan fingerprint density at radius 3 is 2.44 bits per heavy atom. The number of hydrogen-bond acceptors (Lipinski definition) is 3. The van der Waals surface area contributed by atoms with Crippen LogP contribution in [0.2, 0.25) is 0 Å². The molecule has 7 heteroatoms. The van der Waals surface area contributed by atoms with E-state index >= 15 is 0 Å². The molecular formula is C25H42IN5O. The quantitative estimate of drug-likeness (QED) is 0.305. The van der Waals surface area contributed by atoms with Crippen molar-refractivity contribution < 1.29 is 4.79 Å². The van der Waals surface area contributed by atoms with Gasteiger partial charge >= 0.3 is 0 Å². The van der Waals surface area contributed by atoms with Gasteiger partial charge in [-0.25, -0.2) is 0 Å². The van der Waals surface area contributed by atoms with Crippen LogP contribution in [0.25, 0.3) is 0 Å². The molecule has 32 heavy (non-hydrogen) atoms. The molecule has 180 valence electrons. The topological polar surface area (TPSA) is 60.0 Å². The first kappa shape index (κ1) is 26.9. The molecule has 2 fully saturated rings. The van der Waals surface area contributed by atoms with Crippen LogP contribution in [-0.2, 0) is 17.9 Å². The van der Waals surface area contributed by atoms with Gasteiger partial charge in [-0.1, -0.05) is 44.0 Å². The minimum absolute atomic E-state index is 0. The van der Waals surface area contributed by atoms with E-state index in [9.17, 15) is 4.79 Å². The smallest absolute Gasteiger partial charge is 0.230 e. The lowest BCUT2D eigenvalue weighted by Gasteiger charge is -2.31. The average Bonchev–Trinajstić information content (AvgIpc) is 3.25. The Morgan fingerprint density at radius 1 is 1.16 bits per heavy atom. The maximum atomic E-state index is 12.8. The molecule has 1 saturated carbocycles. The van der Waals surface area contributed by atoms with E-state index in [2.05, 4.69) is 51.7 Å². The molecule has 0 aromatic heterocycles. The summed E-state index contributed by atoms with van der Waals surface area (Å²) in [5, 5.41) is 6.86. The predicted octanol–water partition coefficient (Wildman–Crippen LogP) is 3.85. The fourth-order valence-corrected chi connectivity index (χ4v) is 4.97. The summed E-state index contributed by atoms with van der Waals surface area (Å²) in [4.78, 5) is 21.5. The first-order valence-electron chi connectivity index (χ1n) is 11.9. The van der Waals surface area contributed by atoms with Crippen LogP contribution >= 0.6 is 24.0 Å². The third-order valence-corrected chi connectivity index (χ3v) is 6.97. The van der Waals surface area contributed by atoms with Crippen molar-refractivity contribution in [2.75, 3.05) is 40.8 Å². The van der Waals surface area contributed by atoms with Gasteiger partial charge in [0.05, 0.1) is 5.41 Å². The first-order valence-corrected chi connectivity index (χ1v) is 11.9. The normalized spacial score (nSPS) is 19.3. The highest BCUT2D eigenvalue weighted by Crippen LogP contribution is 2.38. The Morgan fingerprint density at radius 2 is 1.81 bits per heavy atom. The molecule has 2 aliphatic rings. The fourth-order valence-electron chi connectivity index (χ4n) is 4.97. The first-order chi connectivity index (χ1) is 14.9. The van der Waals surface area contributed by atoms with Crippen LogP contribution in [-0.4, -0.2) is 62.4 Å². The summed E-state index contributed by atoms with van der Waals surface area (Å²) >= 11 is 0. The number of guanidine groups is 1. The number of halogens is 1. The van der Waals surface area contributed by atoms with Crippen molar-refractivity contribution in [1.29, 1.82) is 0 Å². The highest BCUT2D eigenvalue weighted by Gasteiger charge is 2.42. The van der Waals surface area contributed by atoms with Gasteiger partial charge in [-0.05, 0) is 55.8 Å². The molecular weight excluding hydrogens is 513 g/mol. The van der Waals surface area contributed by atoms with Gasteiger partial charge in [0.2, 0.25) is 5.91 Å². The van der Waals surface area contributed by atoms with Gasteiger partial charge in [0.25, 0.3) is 0 Å². The number of nitrogens with one attached hydrogen (secondary N) is 2. The van der Waals surface area contributed by atoms with Crippen molar-refractivity contribution in [2.45, 2.75) is 58.5 Å². The molecule has 2 N–H and O–H groups in total. The summed E-state index contributed by atoms with van der Waals surface area (Å²) in [5.41, 5.74) is 2.33. The van der Waals surface area contributed by atoms with Crippen LogP contribution in [0.15, 0.2) is 29.3 Å². The Kier molecular flexibility index (Phi) is 10.7. The largest absolute Gasteiger partial charge is 0.355 e. The summed E-state index contributed by atoms with van der Waals surface area (Å²) in [6, 6.07) is 8.84. The lowest BCUT2D eigenvalue weighted by Crippen LogP contribution is -2.49. The number of likely N-dealkylation sites (tertiary alicyclic amines) is 1. The summed E-state index contributed by atoms with van der Waals surface area (Å²) in [6.07, 6.45) is 6.75. The Bertz CT molecular complexity index is 752. The second kappa shape index (κ2) is 12.8. The number of nitrogens with zero attached hydrogens (tertiary/aromatic N) is 3. The number of carbonyl (C=O) groups excluding carboxylic acids is 1. The van der Waals surface area contributed by atoms with Crippen molar-refractivity contribution in [3.8, 4) is 0 Å². The Labute approximate surface area is 211 Å². The molecule has 0 unspecified atom stereocenters. The molecule has 0 spiro atoms. The Hall–Kier alpha value is -1.35. The van der Waals surface area contributed by atoms with Gasteiger partial charge in [-0.15, -0.1) is 24.0 Å². The SMILES string of the molecule is CN=C(NCc1cccc(CN2CCC(C)CC2)c1)NCC1(C(=O)N(C)C)CCCC1.I. The van der Waals surface area contributed by atoms with Crippen LogP contribution in [0.1, 0.15) is 56.6 Å². The number of hydrogen-bond donors (Lipinski definition) is 2. The molecule has 1 aromatic carbocycles. The maximum absolute atomic E-state index is 12.8. The number of rotatable bonds is 7. The third-order valence-electron chi connectivity index (χ3n) is 6.97. The number of benzene rings is 1. The van der Waals surface area contributed by atoms with Gasteiger partial charge < -0.3 is 15.5 Å². The molecule has 6 nitrogen and oxygen atoms in total. The van der Waals surface area contributed by atoms with E-state index in [1.165, 1.54) is 37.1 Å². The Balaban J connectivity index is 0.00000363. The zero-order chi connectivity index (χ0) is 22.3. The molecule has 1 heterocycles. The fraction of sp³-hybridized carbons (Fsp3) is 0.680. The van der Waals surface area contributed by atoms with Gasteiger partial charge in [0.1, 0.15) is 0 Å². The minimum atomic E-state index is -0.299. The second-order valence-electron chi connectivity index (χ2n) is 9.74. The molecule has 3 rings (SSSR count). The van der Waals surface area contributed by atoms with Gasteiger partial charge in [0.15, 0.2) is 5.96 Å². The number of amides is 1. The summed E-state index contributed by atoms with van der Waals surface area (Å²) in [5.74, 6) is 1.85. The van der Waals surface area contributed by atoms with Gasteiger partial charge in [-0.2, -0.15) is 0 Å². The summed E-state index contributed by atoms with van der Waals surface area (Å²) in [7, 11) is 5.50. The van der Waals surface area contributed by atoms with Crippen molar-refractivity contribution in [2.24, 2.45) is 16.3 Å². The molecule has 1 aliphatic heterocycles. The zero-order valence-corrected chi connectivity index (χ0v) is 22.7. The highest BCUT2D eigenvalue weighted by atomic mass is 127. The van der Waals surface area contributed by atoms with E-state index < -0.39 is 0 Å². The van der Waals surface area contributed by atoms with Crippen LogP contribution in [0.3, 0.4) is 0 Å². The lowest BCUT2D eigenvalue weighted by molar-refractivity contribution is -0.138. The molecule has 1 aliphatic carbocycles. The number of piperidine rings is 1. The van der Waals surface area contributed by atoms with E-state index in [-0.39, 0.29) is 35.3 Å². The van der Waals surface area contributed by atoms with E-state index in [0.29, 0.717) is 6.54 Å². The van der Waals surface area contributed by atoms with Crippen LogP contribution in [0.5, 0.6) is 0 Å². The second-order valence-corrected chi connectivity index (χ2v) is 9.74. The van der Waals surface area contributed by atoms with E-state index in [4.69, 9.17) is 0 Å². The highest BCUT2D eigenvalue weighted by molar-refractivity contribution is 14.0. The summed E-state index contributed by atoms with van der Waals surface area (Å²) < 4.78 is 0. The molecule has 0 radical (unpaired) electrons. The standard InChI is InChI=1S/C25H41N5O.HI/c1-20-10-14-30(15-11-20)18-22-9-7-8-21(16-22)17-27-24(26-2)28-19-25(12-5-6-13-25)23(31)29(3)4;/h7-9,16,20H,5-6,10-15,17-19H2,1-4H3,(H2,26,27,28);1H. The molecule has 1 saturated heterocycles. The average molecular weight is 556 g/mol. The van der Waals surface area contributed by atoms with Crippen LogP contribution < -0.4 is 10.6 Å². The van der Waals surface area contributed by atoms with E-state index in [0.717, 1.165) is 50.7 Å². The van der Waals surface area contributed by atoms with Crippen molar-refractivity contribution >= 4 is 35.8 Å². The lowest BCUT2D eigenvalue weighted by atomic mass is 9.84. The van der Waals surface area contributed by atoms with Gasteiger partial charge in [0, 0.05) is 40.8 Å². The number of aliphatic imine (C=N–C) groups is 1. The van der Waals surface area contributed by atoms with E-state index in [1.54, 1.807) is 11.9 Å². The minimum Gasteiger partial charge on any atom is -0.355 e. The molecule has 1 amide bonds. The zero-order valence-electron chi connectivity index (χ0n) is 20.3.